The largest absolute Gasteiger partial charge is 0.311 e. The lowest BCUT2D eigenvalue weighted by molar-refractivity contribution is -0.117. The number of para-hydroxylation sites is 1. The van der Waals surface area contributed by atoms with Crippen LogP contribution in [0.3, 0.4) is 0 Å². The molecule has 5 nitrogen and oxygen atoms in total. The standard InChI is InChI=1S/C24H22N4OS2/c1-17(23(29)27-14-13-19-10-5-6-11-20(19)27)31-24-26-25-22(21-12-7-15-30-21)28(24)16-18-8-3-2-4-9-18/h2-12,15,17H,13-14,16H2,1H3. The van der Waals surface area contributed by atoms with Gasteiger partial charge in [-0.2, -0.15) is 0 Å². The molecule has 1 amide bonds. The van der Waals surface area contributed by atoms with Crippen LogP contribution in [0.15, 0.2) is 77.3 Å². The lowest BCUT2D eigenvalue weighted by atomic mass is 10.2. The van der Waals surface area contributed by atoms with Gasteiger partial charge in [0, 0.05) is 12.2 Å². The molecule has 0 N–H and O–H groups in total. The van der Waals surface area contributed by atoms with Crippen LogP contribution in [-0.4, -0.2) is 32.5 Å². The number of hydrogen-bond acceptors (Lipinski definition) is 5. The lowest BCUT2D eigenvalue weighted by Gasteiger charge is -2.21. The van der Waals surface area contributed by atoms with Crippen molar-refractivity contribution in [3.8, 4) is 10.7 Å². The second kappa shape index (κ2) is 8.69. The second-order valence-electron chi connectivity index (χ2n) is 7.48. The summed E-state index contributed by atoms with van der Waals surface area (Å²) in [5.74, 6) is 0.953. The van der Waals surface area contributed by atoms with Gasteiger partial charge in [-0.05, 0) is 42.0 Å². The van der Waals surface area contributed by atoms with E-state index in [4.69, 9.17) is 0 Å². The zero-order chi connectivity index (χ0) is 21.2. The maximum atomic E-state index is 13.3. The molecule has 1 aliphatic rings. The number of amides is 1. The molecule has 5 rings (SSSR count). The van der Waals surface area contributed by atoms with E-state index in [1.54, 1.807) is 11.3 Å². The Labute approximate surface area is 189 Å². The minimum Gasteiger partial charge on any atom is -0.311 e. The molecule has 0 saturated carbocycles. The normalized spacial score (nSPS) is 13.9. The van der Waals surface area contributed by atoms with Crippen molar-refractivity contribution in [2.24, 2.45) is 0 Å². The van der Waals surface area contributed by atoms with Crippen LogP contribution in [-0.2, 0) is 17.8 Å². The molecule has 31 heavy (non-hydrogen) atoms. The Hall–Kier alpha value is -2.90. The van der Waals surface area contributed by atoms with Gasteiger partial charge in [0.25, 0.3) is 0 Å². The Kier molecular flexibility index (Phi) is 5.61. The molecule has 0 radical (unpaired) electrons. The van der Waals surface area contributed by atoms with Gasteiger partial charge >= 0.3 is 0 Å². The average Bonchev–Trinajstić information content (AvgIpc) is 3.54. The Balaban J connectivity index is 1.42. The van der Waals surface area contributed by atoms with E-state index in [2.05, 4.69) is 39.0 Å². The van der Waals surface area contributed by atoms with Gasteiger partial charge in [-0.15, -0.1) is 21.5 Å². The lowest BCUT2D eigenvalue weighted by Crippen LogP contribution is -2.35. The summed E-state index contributed by atoms with van der Waals surface area (Å²) in [6.45, 7) is 3.36. The van der Waals surface area contributed by atoms with E-state index in [1.165, 1.54) is 22.9 Å². The Morgan fingerprint density at radius 2 is 1.87 bits per heavy atom. The van der Waals surface area contributed by atoms with Crippen molar-refractivity contribution in [1.82, 2.24) is 14.8 Å². The highest BCUT2D eigenvalue weighted by Gasteiger charge is 2.29. The van der Waals surface area contributed by atoms with Gasteiger partial charge in [0.15, 0.2) is 11.0 Å². The van der Waals surface area contributed by atoms with Crippen molar-refractivity contribution in [3.05, 3.63) is 83.2 Å². The van der Waals surface area contributed by atoms with E-state index in [1.807, 2.05) is 59.7 Å². The fourth-order valence-corrected chi connectivity index (χ4v) is 5.50. The topological polar surface area (TPSA) is 51.0 Å². The Morgan fingerprint density at radius 3 is 2.68 bits per heavy atom. The molecule has 1 unspecified atom stereocenters. The van der Waals surface area contributed by atoms with Crippen LogP contribution < -0.4 is 4.90 Å². The zero-order valence-corrected chi connectivity index (χ0v) is 18.8. The van der Waals surface area contributed by atoms with Crippen molar-refractivity contribution in [2.45, 2.75) is 30.3 Å². The smallest absolute Gasteiger partial charge is 0.240 e. The molecule has 156 valence electrons. The molecule has 1 aliphatic heterocycles. The van der Waals surface area contributed by atoms with Crippen LogP contribution in [0.5, 0.6) is 0 Å². The van der Waals surface area contributed by atoms with Gasteiger partial charge in [0.1, 0.15) is 0 Å². The molecule has 0 fully saturated rings. The first-order valence-electron chi connectivity index (χ1n) is 10.3. The summed E-state index contributed by atoms with van der Waals surface area (Å²) >= 11 is 3.12. The first-order chi connectivity index (χ1) is 15.2. The van der Waals surface area contributed by atoms with Crippen LogP contribution in [0, 0.1) is 0 Å². The molecule has 7 heteroatoms. The maximum absolute atomic E-state index is 13.3. The molecule has 0 saturated heterocycles. The number of fused-ring (bicyclic) bond motifs is 1. The van der Waals surface area contributed by atoms with Gasteiger partial charge in [0.05, 0.1) is 16.7 Å². The fourth-order valence-electron chi connectivity index (χ4n) is 3.87. The SMILES string of the molecule is CC(Sc1nnc(-c2cccs2)n1Cc1ccccc1)C(=O)N1CCc2ccccc21. The predicted molar refractivity (Wildman–Crippen MR) is 127 cm³/mol. The molecule has 2 aromatic heterocycles. The summed E-state index contributed by atoms with van der Waals surface area (Å²) in [4.78, 5) is 16.2. The number of benzene rings is 2. The number of nitrogens with zero attached hydrogens (tertiary/aromatic N) is 4. The van der Waals surface area contributed by atoms with Gasteiger partial charge in [-0.3, -0.25) is 9.36 Å². The highest BCUT2D eigenvalue weighted by molar-refractivity contribution is 8.00. The van der Waals surface area contributed by atoms with E-state index in [-0.39, 0.29) is 11.2 Å². The van der Waals surface area contributed by atoms with Crippen molar-refractivity contribution in [1.29, 1.82) is 0 Å². The first kappa shape index (κ1) is 20.0. The van der Waals surface area contributed by atoms with Crippen LogP contribution in [0.4, 0.5) is 5.69 Å². The second-order valence-corrected chi connectivity index (χ2v) is 9.74. The third-order valence-corrected chi connectivity index (χ3v) is 7.36. The summed E-state index contributed by atoms with van der Waals surface area (Å²) in [6.07, 6.45) is 0.909. The molecule has 2 aromatic carbocycles. The van der Waals surface area contributed by atoms with E-state index in [0.717, 1.165) is 34.5 Å². The molecule has 3 heterocycles. The summed E-state index contributed by atoms with van der Waals surface area (Å²) in [5, 5.41) is 11.5. The van der Waals surface area contributed by atoms with Crippen molar-refractivity contribution in [2.75, 3.05) is 11.4 Å². The van der Waals surface area contributed by atoms with Gasteiger partial charge in [0.2, 0.25) is 5.91 Å². The molecular weight excluding hydrogens is 424 g/mol. The monoisotopic (exact) mass is 446 g/mol. The predicted octanol–water partition coefficient (Wildman–Crippen LogP) is 5.12. The van der Waals surface area contributed by atoms with E-state index < -0.39 is 0 Å². The van der Waals surface area contributed by atoms with Crippen LogP contribution in [0.1, 0.15) is 18.1 Å². The third kappa shape index (κ3) is 4.03. The van der Waals surface area contributed by atoms with E-state index in [0.29, 0.717) is 6.54 Å². The number of rotatable bonds is 6. The van der Waals surface area contributed by atoms with Crippen molar-refractivity contribution < 1.29 is 4.79 Å². The number of hydrogen-bond donors (Lipinski definition) is 0. The number of aromatic nitrogens is 3. The van der Waals surface area contributed by atoms with Gasteiger partial charge in [-0.25, -0.2) is 0 Å². The molecular formula is C24H22N4OS2. The molecule has 0 bridgehead atoms. The Bertz CT molecular complexity index is 1190. The number of carbonyl (C=O) groups excluding carboxylic acids is 1. The van der Waals surface area contributed by atoms with Crippen LogP contribution in [0.2, 0.25) is 0 Å². The minimum atomic E-state index is -0.263. The van der Waals surface area contributed by atoms with Gasteiger partial charge < -0.3 is 4.90 Å². The third-order valence-electron chi connectivity index (χ3n) is 5.43. The number of anilines is 1. The first-order valence-corrected chi connectivity index (χ1v) is 12.0. The molecule has 1 atom stereocenters. The fraction of sp³-hybridized carbons (Fsp3) is 0.208. The summed E-state index contributed by atoms with van der Waals surface area (Å²) in [5.41, 5.74) is 3.44. The van der Waals surface area contributed by atoms with E-state index in [9.17, 15) is 4.79 Å². The van der Waals surface area contributed by atoms with Gasteiger partial charge in [-0.1, -0.05) is 66.4 Å². The van der Waals surface area contributed by atoms with Crippen molar-refractivity contribution in [3.63, 3.8) is 0 Å². The summed E-state index contributed by atoms with van der Waals surface area (Å²) in [6, 6.07) is 22.5. The van der Waals surface area contributed by atoms with Crippen LogP contribution in [0.25, 0.3) is 10.7 Å². The number of thioether (sulfide) groups is 1. The highest BCUT2D eigenvalue weighted by atomic mass is 32.2. The van der Waals surface area contributed by atoms with Crippen LogP contribution >= 0.6 is 23.1 Å². The van der Waals surface area contributed by atoms with E-state index >= 15 is 0 Å². The quantitative estimate of drug-likeness (QED) is 0.386. The molecule has 4 aromatic rings. The zero-order valence-electron chi connectivity index (χ0n) is 17.1. The average molecular weight is 447 g/mol. The Morgan fingerprint density at radius 1 is 1.06 bits per heavy atom. The molecule has 0 aliphatic carbocycles. The summed E-state index contributed by atoms with van der Waals surface area (Å²) in [7, 11) is 0. The summed E-state index contributed by atoms with van der Waals surface area (Å²) < 4.78 is 2.12. The molecule has 0 spiro atoms. The number of thiophene rings is 1. The van der Waals surface area contributed by atoms with Crippen molar-refractivity contribution >= 4 is 34.7 Å². The maximum Gasteiger partial charge on any atom is 0.240 e. The highest BCUT2D eigenvalue weighted by Crippen LogP contribution is 2.33. The number of carbonyl (C=O) groups is 1. The minimum absolute atomic E-state index is 0.113.